The molecule has 0 spiro atoms. The molecule has 0 aliphatic carbocycles. The lowest BCUT2D eigenvalue weighted by atomic mass is 9.78. The topological polar surface area (TPSA) is 57.2 Å². The predicted molar refractivity (Wildman–Crippen MR) is 111 cm³/mol. The van der Waals surface area contributed by atoms with Crippen molar-refractivity contribution in [3.05, 3.63) is 11.9 Å². The van der Waals surface area contributed by atoms with Crippen molar-refractivity contribution in [3.8, 4) is 0 Å². The van der Waals surface area contributed by atoms with E-state index in [9.17, 15) is 9.18 Å². The van der Waals surface area contributed by atoms with Crippen molar-refractivity contribution in [3.63, 3.8) is 0 Å². The number of hydrogen-bond acceptors (Lipinski definition) is 5. The predicted octanol–water partition coefficient (Wildman–Crippen LogP) is 2.75. The molecule has 0 aromatic rings. The third-order valence-corrected chi connectivity index (χ3v) is 5.72. The van der Waals surface area contributed by atoms with Gasteiger partial charge in [-0.05, 0) is 39.2 Å². The number of aliphatic imine (C=N–C) groups is 1. The molecule has 2 heterocycles. The van der Waals surface area contributed by atoms with Crippen LogP contribution < -0.4 is 5.32 Å². The summed E-state index contributed by atoms with van der Waals surface area (Å²) >= 11 is 0. The lowest BCUT2D eigenvalue weighted by Gasteiger charge is -2.53. The number of nitrogens with zero attached hydrogens (tertiary/aromatic N) is 3. The number of amidine groups is 1. The number of piperazine rings is 1. The van der Waals surface area contributed by atoms with Crippen LogP contribution in [0.2, 0.25) is 0 Å². The Kier molecular flexibility index (Phi) is 8.16. The highest BCUT2D eigenvalue weighted by Gasteiger charge is 2.47. The summed E-state index contributed by atoms with van der Waals surface area (Å²) in [5.74, 6) is -0.375. The second kappa shape index (κ2) is 9.94. The summed E-state index contributed by atoms with van der Waals surface area (Å²) in [7, 11) is 1.56. The Hall–Kier alpha value is -1.31. The van der Waals surface area contributed by atoms with E-state index in [0.717, 1.165) is 39.0 Å². The molecule has 2 rings (SSSR count). The maximum absolute atomic E-state index is 14.8. The molecule has 1 amide bonds. The van der Waals surface area contributed by atoms with Crippen molar-refractivity contribution < 1.29 is 13.9 Å². The van der Waals surface area contributed by atoms with E-state index in [-0.39, 0.29) is 22.9 Å². The minimum absolute atomic E-state index is 0.0981. The van der Waals surface area contributed by atoms with Crippen LogP contribution in [0.5, 0.6) is 0 Å². The lowest BCUT2D eigenvalue weighted by Crippen LogP contribution is -2.66. The van der Waals surface area contributed by atoms with Gasteiger partial charge in [0.2, 0.25) is 5.91 Å². The van der Waals surface area contributed by atoms with Gasteiger partial charge in [-0.25, -0.2) is 4.39 Å². The normalized spacial score (nSPS) is 26.9. The van der Waals surface area contributed by atoms with Gasteiger partial charge in [0.25, 0.3) is 0 Å². The first-order chi connectivity index (χ1) is 13.3. The molecule has 160 valence electrons. The third kappa shape index (κ3) is 5.39. The van der Waals surface area contributed by atoms with Gasteiger partial charge >= 0.3 is 0 Å². The van der Waals surface area contributed by atoms with Crippen LogP contribution in [0.15, 0.2) is 16.9 Å². The first-order valence-electron chi connectivity index (χ1n) is 10.5. The average Bonchev–Trinajstić information content (AvgIpc) is 2.67. The number of hydrogen-bond donors (Lipinski definition) is 1. The first-order valence-corrected chi connectivity index (χ1v) is 10.5. The maximum atomic E-state index is 14.8. The molecule has 1 unspecified atom stereocenters. The third-order valence-electron chi connectivity index (χ3n) is 5.72. The highest BCUT2D eigenvalue weighted by atomic mass is 19.1. The number of rotatable bonds is 6. The quantitative estimate of drug-likeness (QED) is 0.554. The minimum atomic E-state index is -0.423. The van der Waals surface area contributed by atoms with Gasteiger partial charge in [-0.3, -0.25) is 19.6 Å². The molecule has 2 aliphatic heterocycles. The lowest BCUT2D eigenvalue weighted by molar-refractivity contribution is -0.140. The van der Waals surface area contributed by atoms with Crippen LogP contribution in [-0.4, -0.2) is 79.1 Å². The van der Waals surface area contributed by atoms with Gasteiger partial charge in [-0.2, -0.15) is 0 Å². The summed E-state index contributed by atoms with van der Waals surface area (Å²) in [5, 5.41) is 3.40. The number of halogens is 1. The standard InChI is InChI=1S/C21H37FN4O2/c1-6-8-17(22)19(23-5)26(18(27)7-2)16-21(25-12-10-24-11-13-25)9-14-28-20(3,4)15-21/h8,24H,6-7,9-16H2,1-5H3/b17-8+,23-19+. The summed E-state index contributed by atoms with van der Waals surface area (Å²) in [6.07, 6.45) is 3.98. The Morgan fingerprint density at radius 2 is 2.00 bits per heavy atom. The van der Waals surface area contributed by atoms with Crippen LogP contribution in [0, 0.1) is 0 Å². The van der Waals surface area contributed by atoms with Gasteiger partial charge in [-0.1, -0.05) is 13.8 Å². The molecular weight excluding hydrogens is 359 g/mol. The van der Waals surface area contributed by atoms with E-state index in [1.807, 2.05) is 13.8 Å². The first kappa shape index (κ1) is 23.0. The summed E-state index contributed by atoms with van der Waals surface area (Å²) in [5.41, 5.74) is -0.539. The highest BCUT2D eigenvalue weighted by Crippen LogP contribution is 2.38. The van der Waals surface area contributed by atoms with Gasteiger partial charge in [0, 0.05) is 58.3 Å². The Labute approximate surface area is 169 Å². The molecule has 1 atom stereocenters. The second-order valence-electron chi connectivity index (χ2n) is 8.34. The molecule has 2 fully saturated rings. The fourth-order valence-corrected chi connectivity index (χ4v) is 4.49. The van der Waals surface area contributed by atoms with E-state index in [1.165, 1.54) is 6.08 Å². The van der Waals surface area contributed by atoms with E-state index in [2.05, 4.69) is 29.1 Å². The number of allylic oxidation sites excluding steroid dienone is 1. The zero-order valence-corrected chi connectivity index (χ0v) is 18.2. The SMILES string of the molecule is CC/C=C(F)\C(=N/C)N(CC1(N2CCNCC2)CCOC(C)(C)C1)C(=O)CC. The number of ether oxygens (including phenoxy) is 1. The van der Waals surface area contributed by atoms with Gasteiger partial charge in [0.15, 0.2) is 11.7 Å². The van der Waals surface area contributed by atoms with Crippen molar-refractivity contribution in [2.45, 2.75) is 64.5 Å². The minimum Gasteiger partial charge on any atom is -0.375 e. The molecular formula is C21H37FN4O2. The maximum Gasteiger partial charge on any atom is 0.227 e. The second-order valence-corrected chi connectivity index (χ2v) is 8.34. The van der Waals surface area contributed by atoms with E-state index < -0.39 is 5.83 Å². The Morgan fingerprint density at radius 1 is 1.32 bits per heavy atom. The molecule has 0 saturated carbocycles. The van der Waals surface area contributed by atoms with E-state index in [1.54, 1.807) is 11.9 Å². The van der Waals surface area contributed by atoms with Crippen molar-refractivity contribution in [1.82, 2.24) is 15.1 Å². The van der Waals surface area contributed by atoms with Crippen molar-refractivity contribution >= 4 is 11.7 Å². The number of amides is 1. The van der Waals surface area contributed by atoms with Crippen LogP contribution in [-0.2, 0) is 9.53 Å². The Balaban J connectivity index is 2.42. The van der Waals surface area contributed by atoms with Crippen molar-refractivity contribution in [2.75, 3.05) is 46.4 Å². The zero-order chi connectivity index (χ0) is 20.8. The number of carbonyl (C=O) groups excluding carboxylic acids is 1. The van der Waals surface area contributed by atoms with Crippen molar-refractivity contribution in [2.24, 2.45) is 4.99 Å². The molecule has 0 aromatic heterocycles. The zero-order valence-electron chi connectivity index (χ0n) is 18.2. The molecule has 6 nitrogen and oxygen atoms in total. The van der Waals surface area contributed by atoms with E-state index in [0.29, 0.717) is 26.0 Å². The molecule has 2 aliphatic rings. The monoisotopic (exact) mass is 396 g/mol. The van der Waals surface area contributed by atoms with Crippen molar-refractivity contribution in [1.29, 1.82) is 0 Å². The average molecular weight is 397 g/mol. The van der Waals surface area contributed by atoms with Crippen LogP contribution in [0.25, 0.3) is 0 Å². The summed E-state index contributed by atoms with van der Waals surface area (Å²) in [6.45, 7) is 12.6. The van der Waals surface area contributed by atoms with Crippen LogP contribution >= 0.6 is 0 Å². The summed E-state index contributed by atoms with van der Waals surface area (Å²) in [6, 6.07) is 0. The summed E-state index contributed by atoms with van der Waals surface area (Å²) < 4.78 is 20.8. The summed E-state index contributed by atoms with van der Waals surface area (Å²) in [4.78, 5) is 21.1. The van der Waals surface area contributed by atoms with Crippen LogP contribution in [0.4, 0.5) is 4.39 Å². The fraction of sp³-hybridized carbons (Fsp3) is 0.810. The van der Waals surface area contributed by atoms with Gasteiger partial charge in [0.05, 0.1) is 5.60 Å². The molecule has 0 aromatic carbocycles. The Morgan fingerprint density at radius 3 is 2.54 bits per heavy atom. The molecule has 28 heavy (non-hydrogen) atoms. The highest BCUT2D eigenvalue weighted by molar-refractivity contribution is 6.06. The van der Waals surface area contributed by atoms with Gasteiger partial charge in [0.1, 0.15) is 0 Å². The molecule has 7 heteroatoms. The molecule has 0 bridgehead atoms. The van der Waals surface area contributed by atoms with Crippen LogP contribution in [0.1, 0.15) is 53.4 Å². The van der Waals surface area contributed by atoms with E-state index >= 15 is 0 Å². The molecule has 1 N–H and O–H groups in total. The molecule has 0 radical (unpaired) electrons. The van der Waals surface area contributed by atoms with Gasteiger partial charge < -0.3 is 10.1 Å². The largest absolute Gasteiger partial charge is 0.375 e. The van der Waals surface area contributed by atoms with Gasteiger partial charge in [-0.15, -0.1) is 0 Å². The number of nitrogens with one attached hydrogen (secondary N) is 1. The van der Waals surface area contributed by atoms with Crippen LogP contribution in [0.3, 0.4) is 0 Å². The number of carbonyl (C=O) groups is 1. The molecule has 2 saturated heterocycles. The smallest absolute Gasteiger partial charge is 0.227 e. The van der Waals surface area contributed by atoms with E-state index in [4.69, 9.17) is 4.74 Å². The fourth-order valence-electron chi connectivity index (χ4n) is 4.49. The Bertz CT molecular complexity index is 599.